The SMILES string of the molecule is CCOc1ccc(Cn2cc(NC(=O)c3ccc(COc4c(Cl)cc(Cl)cc4Cl)o3)cn2)cc1OCC. The molecule has 0 spiro atoms. The van der Waals surface area contributed by atoms with E-state index in [9.17, 15) is 4.79 Å². The highest BCUT2D eigenvalue weighted by atomic mass is 35.5. The van der Waals surface area contributed by atoms with Crippen molar-refractivity contribution < 1.29 is 23.4 Å². The number of nitrogens with zero attached hydrogens (tertiary/aromatic N) is 2. The van der Waals surface area contributed by atoms with E-state index in [4.69, 9.17) is 53.4 Å². The molecule has 0 saturated heterocycles. The first kappa shape index (κ1) is 26.7. The minimum atomic E-state index is -0.423. The zero-order chi connectivity index (χ0) is 26.4. The smallest absolute Gasteiger partial charge is 0.291 e. The lowest BCUT2D eigenvalue weighted by Gasteiger charge is -2.12. The maximum Gasteiger partial charge on any atom is 0.291 e. The zero-order valence-electron chi connectivity index (χ0n) is 20.1. The second-order valence-corrected chi connectivity index (χ2v) is 9.03. The lowest BCUT2D eigenvalue weighted by molar-refractivity contribution is 0.0992. The number of furan rings is 1. The molecule has 0 aliphatic heterocycles. The number of halogens is 3. The third kappa shape index (κ3) is 6.91. The van der Waals surface area contributed by atoms with Crippen LogP contribution in [-0.4, -0.2) is 28.9 Å². The van der Waals surface area contributed by atoms with E-state index >= 15 is 0 Å². The van der Waals surface area contributed by atoms with Crippen molar-refractivity contribution in [1.82, 2.24) is 9.78 Å². The molecule has 4 rings (SSSR count). The fourth-order valence-electron chi connectivity index (χ4n) is 3.48. The molecule has 0 fully saturated rings. The predicted molar refractivity (Wildman–Crippen MR) is 143 cm³/mol. The van der Waals surface area contributed by atoms with Crippen LogP contribution < -0.4 is 19.5 Å². The lowest BCUT2D eigenvalue weighted by Crippen LogP contribution is -2.10. The molecular weight excluding hydrogens is 541 g/mol. The molecule has 37 heavy (non-hydrogen) atoms. The first-order valence-corrected chi connectivity index (χ1v) is 12.6. The van der Waals surface area contributed by atoms with Crippen LogP contribution in [0.25, 0.3) is 0 Å². The molecule has 0 unspecified atom stereocenters. The number of amides is 1. The van der Waals surface area contributed by atoms with Crippen molar-refractivity contribution in [3.05, 3.63) is 87.0 Å². The summed E-state index contributed by atoms with van der Waals surface area (Å²) < 4.78 is 24.3. The number of nitrogens with one attached hydrogen (secondary N) is 1. The third-order valence-corrected chi connectivity index (χ3v) is 5.83. The van der Waals surface area contributed by atoms with Crippen LogP contribution in [0.4, 0.5) is 5.69 Å². The number of anilines is 1. The number of rotatable bonds is 11. The monoisotopic (exact) mass is 563 g/mol. The van der Waals surface area contributed by atoms with E-state index in [1.807, 2.05) is 32.0 Å². The van der Waals surface area contributed by atoms with Gasteiger partial charge in [-0.2, -0.15) is 5.10 Å². The molecular formula is C26H24Cl3N3O5. The summed E-state index contributed by atoms with van der Waals surface area (Å²) in [5, 5.41) is 8.06. The maximum atomic E-state index is 12.7. The Morgan fingerprint density at radius 2 is 1.70 bits per heavy atom. The van der Waals surface area contributed by atoms with E-state index in [1.54, 1.807) is 29.2 Å². The fraction of sp³-hybridized carbons (Fsp3) is 0.231. The highest BCUT2D eigenvalue weighted by Gasteiger charge is 2.15. The standard InChI is InChI=1S/C26H24Cl3N3O5/c1-3-34-22-7-5-16(9-24(22)35-4-2)13-32-14-18(12-30-32)31-26(33)23-8-6-19(37-23)15-36-25-20(28)10-17(27)11-21(25)29/h5-12,14H,3-4,13,15H2,1-2H3,(H,31,33). The molecule has 0 bridgehead atoms. The maximum absolute atomic E-state index is 12.7. The van der Waals surface area contributed by atoms with Gasteiger partial charge in [0.1, 0.15) is 12.4 Å². The normalized spacial score (nSPS) is 10.8. The molecule has 2 heterocycles. The van der Waals surface area contributed by atoms with Gasteiger partial charge in [0.15, 0.2) is 23.0 Å². The van der Waals surface area contributed by atoms with E-state index < -0.39 is 5.91 Å². The molecule has 2 aromatic heterocycles. The van der Waals surface area contributed by atoms with E-state index in [0.29, 0.717) is 47.7 Å². The number of carbonyl (C=O) groups is 1. The molecule has 8 nitrogen and oxygen atoms in total. The van der Waals surface area contributed by atoms with Crippen molar-refractivity contribution in [2.75, 3.05) is 18.5 Å². The van der Waals surface area contributed by atoms with Gasteiger partial charge in [-0.3, -0.25) is 9.48 Å². The van der Waals surface area contributed by atoms with Gasteiger partial charge >= 0.3 is 0 Å². The Balaban J connectivity index is 1.35. The second kappa shape index (κ2) is 12.3. The van der Waals surface area contributed by atoms with Crippen LogP contribution in [0, 0.1) is 0 Å². The quantitative estimate of drug-likeness (QED) is 0.209. The van der Waals surface area contributed by atoms with Crippen molar-refractivity contribution in [3.8, 4) is 17.2 Å². The van der Waals surface area contributed by atoms with Gasteiger partial charge in [-0.05, 0) is 55.8 Å². The van der Waals surface area contributed by atoms with Gasteiger partial charge in [0.05, 0.1) is 41.7 Å². The molecule has 4 aromatic rings. The highest BCUT2D eigenvalue weighted by Crippen LogP contribution is 2.36. The van der Waals surface area contributed by atoms with Crippen LogP contribution >= 0.6 is 34.8 Å². The van der Waals surface area contributed by atoms with Gasteiger partial charge in [-0.15, -0.1) is 0 Å². The van der Waals surface area contributed by atoms with Crippen LogP contribution in [0.15, 0.2) is 59.3 Å². The van der Waals surface area contributed by atoms with E-state index in [1.165, 1.54) is 12.1 Å². The fourth-order valence-corrected chi connectivity index (χ4v) is 4.40. The first-order chi connectivity index (χ1) is 17.9. The average molecular weight is 565 g/mol. The summed E-state index contributed by atoms with van der Waals surface area (Å²) in [7, 11) is 0. The predicted octanol–water partition coefficient (Wildman–Crippen LogP) is 7.11. The van der Waals surface area contributed by atoms with Crippen molar-refractivity contribution in [3.63, 3.8) is 0 Å². The van der Waals surface area contributed by atoms with Crippen LogP contribution in [0.1, 0.15) is 35.7 Å². The summed E-state index contributed by atoms with van der Waals surface area (Å²) in [6.45, 7) is 5.44. The van der Waals surface area contributed by atoms with Gasteiger partial charge < -0.3 is 23.9 Å². The summed E-state index contributed by atoms with van der Waals surface area (Å²) in [5.41, 5.74) is 1.50. The van der Waals surface area contributed by atoms with Crippen LogP contribution in [0.3, 0.4) is 0 Å². The number of carbonyl (C=O) groups excluding carboxylic acids is 1. The van der Waals surface area contributed by atoms with Gasteiger partial charge in [-0.25, -0.2) is 0 Å². The molecule has 194 valence electrons. The van der Waals surface area contributed by atoms with Crippen LogP contribution in [-0.2, 0) is 13.2 Å². The van der Waals surface area contributed by atoms with Crippen molar-refractivity contribution in [2.45, 2.75) is 27.0 Å². The Morgan fingerprint density at radius 1 is 0.973 bits per heavy atom. The van der Waals surface area contributed by atoms with E-state index in [0.717, 1.165) is 5.56 Å². The molecule has 0 radical (unpaired) electrons. The third-order valence-electron chi connectivity index (χ3n) is 5.05. The summed E-state index contributed by atoms with van der Waals surface area (Å²) in [6, 6.07) is 12.0. The minimum absolute atomic E-state index is 0.0259. The Kier molecular flexibility index (Phi) is 8.87. The number of hydrogen-bond donors (Lipinski definition) is 1. The van der Waals surface area contributed by atoms with E-state index in [2.05, 4.69) is 10.4 Å². The molecule has 0 atom stereocenters. The number of aromatic nitrogens is 2. The first-order valence-electron chi connectivity index (χ1n) is 11.4. The van der Waals surface area contributed by atoms with Crippen molar-refractivity contribution in [2.24, 2.45) is 0 Å². The number of hydrogen-bond acceptors (Lipinski definition) is 6. The van der Waals surface area contributed by atoms with Gasteiger partial charge in [-0.1, -0.05) is 40.9 Å². The zero-order valence-corrected chi connectivity index (χ0v) is 22.4. The van der Waals surface area contributed by atoms with Crippen molar-refractivity contribution in [1.29, 1.82) is 0 Å². The molecule has 11 heteroatoms. The summed E-state index contributed by atoms with van der Waals surface area (Å²) in [5.74, 6) is 1.78. The Bertz CT molecular complexity index is 1360. The Morgan fingerprint density at radius 3 is 2.43 bits per heavy atom. The summed E-state index contributed by atoms with van der Waals surface area (Å²) in [4.78, 5) is 12.7. The van der Waals surface area contributed by atoms with Gasteiger partial charge in [0.2, 0.25) is 0 Å². The number of benzene rings is 2. The summed E-state index contributed by atoms with van der Waals surface area (Å²) in [6.07, 6.45) is 3.29. The molecule has 0 aliphatic rings. The average Bonchev–Trinajstić information content (AvgIpc) is 3.50. The molecule has 1 N–H and O–H groups in total. The van der Waals surface area contributed by atoms with Crippen molar-refractivity contribution >= 4 is 46.4 Å². The van der Waals surface area contributed by atoms with Gasteiger partial charge in [0.25, 0.3) is 5.91 Å². The topological polar surface area (TPSA) is 87.8 Å². The van der Waals surface area contributed by atoms with Crippen LogP contribution in [0.5, 0.6) is 17.2 Å². The second-order valence-electron chi connectivity index (χ2n) is 7.78. The largest absolute Gasteiger partial charge is 0.490 e. The number of ether oxygens (including phenoxy) is 3. The molecule has 2 aromatic carbocycles. The summed E-state index contributed by atoms with van der Waals surface area (Å²) >= 11 is 18.2. The highest BCUT2D eigenvalue weighted by molar-refractivity contribution is 6.40. The molecule has 1 amide bonds. The molecule has 0 aliphatic carbocycles. The molecule has 0 saturated carbocycles. The van der Waals surface area contributed by atoms with Crippen LogP contribution in [0.2, 0.25) is 15.1 Å². The van der Waals surface area contributed by atoms with Gasteiger partial charge in [0, 0.05) is 11.2 Å². The Hall–Kier alpha value is -3.33. The van der Waals surface area contributed by atoms with E-state index in [-0.39, 0.29) is 28.2 Å². The lowest BCUT2D eigenvalue weighted by atomic mass is 10.2. The Labute approximate surface area is 229 Å². The minimum Gasteiger partial charge on any atom is -0.490 e.